The van der Waals surface area contributed by atoms with E-state index in [4.69, 9.17) is 0 Å². The summed E-state index contributed by atoms with van der Waals surface area (Å²) in [7, 11) is 4.04. The van der Waals surface area contributed by atoms with Crippen LogP contribution >= 0.6 is 0 Å². The summed E-state index contributed by atoms with van der Waals surface area (Å²) in [6.07, 6.45) is 1.57. The molecule has 0 aromatic carbocycles. The van der Waals surface area contributed by atoms with E-state index < -0.39 is 0 Å². The molecule has 0 saturated heterocycles. The number of rotatable bonds is 9. The maximum atomic E-state index is 11.9. The van der Waals surface area contributed by atoms with Gasteiger partial charge in [-0.05, 0) is 25.9 Å². The van der Waals surface area contributed by atoms with Crippen LogP contribution in [0.2, 0.25) is 0 Å². The van der Waals surface area contributed by atoms with Crippen molar-refractivity contribution in [2.24, 2.45) is 11.8 Å². The first-order valence-electron chi connectivity index (χ1n) is 8.48. The largest absolute Gasteiger partial charge is 0.503 e. The quantitative estimate of drug-likeness (QED) is 0.757. The lowest BCUT2D eigenvalue weighted by Crippen LogP contribution is -2.33. The highest BCUT2D eigenvalue weighted by molar-refractivity contribution is 5.20. The summed E-state index contributed by atoms with van der Waals surface area (Å²) in [5.41, 5.74) is 0.672. The molecule has 0 aliphatic carbocycles. The minimum absolute atomic E-state index is 0.174. The summed E-state index contributed by atoms with van der Waals surface area (Å²) >= 11 is 0. The lowest BCUT2D eigenvalue weighted by molar-refractivity contribution is 0.205. The molecule has 0 aliphatic heterocycles. The van der Waals surface area contributed by atoms with Gasteiger partial charge in [0.1, 0.15) is 0 Å². The maximum absolute atomic E-state index is 11.9. The molecule has 0 bridgehead atoms. The standard InChI is InChI=1S/C18H33N3O2/c1-14(2)10-20(11-15(3)4)12-16-9-17(22)18(23)13-21(16)8-7-19(5)6/h9,13-15,23H,7-8,10-12H2,1-6H3. The second-order valence-electron chi connectivity index (χ2n) is 7.49. The second kappa shape index (κ2) is 9.08. The molecule has 5 heteroatoms. The van der Waals surface area contributed by atoms with Gasteiger partial charge in [0, 0.05) is 44.5 Å². The molecular formula is C18H33N3O2. The molecule has 1 heterocycles. The average molecular weight is 323 g/mol. The zero-order chi connectivity index (χ0) is 17.6. The van der Waals surface area contributed by atoms with Crippen molar-refractivity contribution < 1.29 is 5.11 Å². The highest BCUT2D eigenvalue weighted by Gasteiger charge is 2.14. The van der Waals surface area contributed by atoms with Crippen molar-refractivity contribution >= 4 is 0 Å². The molecule has 1 aromatic rings. The average Bonchev–Trinajstić information content (AvgIpc) is 2.39. The van der Waals surface area contributed by atoms with E-state index in [0.717, 1.165) is 38.4 Å². The Hall–Kier alpha value is -1.33. The Morgan fingerprint density at radius 2 is 1.70 bits per heavy atom. The Bertz CT molecular complexity index is 526. The molecule has 0 spiro atoms. The van der Waals surface area contributed by atoms with Crippen molar-refractivity contribution in [3.8, 4) is 5.75 Å². The zero-order valence-electron chi connectivity index (χ0n) is 15.5. The topological polar surface area (TPSA) is 48.7 Å². The Balaban J connectivity index is 3.01. The van der Waals surface area contributed by atoms with Gasteiger partial charge in [-0.1, -0.05) is 27.7 Å². The van der Waals surface area contributed by atoms with E-state index in [9.17, 15) is 9.90 Å². The first-order chi connectivity index (χ1) is 10.7. The summed E-state index contributed by atoms with van der Waals surface area (Å²) in [6.45, 7) is 13.2. The van der Waals surface area contributed by atoms with Crippen LogP contribution in [0.4, 0.5) is 0 Å². The van der Waals surface area contributed by atoms with E-state index in [1.807, 2.05) is 18.7 Å². The Kier molecular flexibility index (Phi) is 7.79. The third-order valence-electron chi connectivity index (χ3n) is 3.62. The molecule has 132 valence electrons. The number of aromatic nitrogens is 1. The van der Waals surface area contributed by atoms with Crippen LogP contribution in [0.25, 0.3) is 0 Å². The fourth-order valence-corrected chi connectivity index (χ4v) is 2.72. The maximum Gasteiger partial charge on any atom is 0.223 e. The summed E-state index contributed by atoms with van der Waals surface area (Å²) in [4.78, 5) is 16.4. The van der Waals surface area contributed by atoms with Crippen molar-refractivity contribution in [1.82, 2.24) is 14.4 Å². The highest BCUT2D eigenvalue weighted by atomic mass is 16.3. The smallest absolute Gasteiger partial charge is 0.223 e. The Morgan fingerprint density at radius 3 is 2.17 bits per heavy atom. The van der Waals surface area contributed by atoms with Crippen molar-refractivity contribution in [2.75, 3.05) is 33.7 Å². The number of hydrogen-bond acceptors (Lipinski definition) is 4. The minimum Gasteiger partial charge on any atom is -0.503 e. The summed E-state index contributed by atoms with van der Waals surface area (Å²) < 4.78 is 2.00. The fourth-order valence-electron chi connectivity index (χ4n) is 2.72. The van der Waals surface area contributed by atoms with Gasteiger partial charge in [0.05, 0.1) is 6.20 Å². The number of likely N-dealkylation sites (N-methyl/N-ethyl adjacent to an activating group) is 1. The van der Waals surface area contributed by atoms with Crippen LogP contribution in [0.5, 0.6) is 5.75 Å². The Morgan fingerprint density at radius 1 is 1.13 bits per heavy atom. The van der Waals surface area contributed by atoms with E-state index in [2.05, 4.69) is 37.5 Å². The molecule has 0 unspecified atom stereocenters. The predicted molar refractivity (Wildman–Crippen MR) is 95.9 cm³/mol. The summed E-state index contributed by atoms with van der Waals surface area (Å²) in [6, 6.07) is 1.58. The molecule has 5 nitrogen and oxygen atoms in total. The van der Waals surface area contributed by atoms with Crippen molar-refractivity contribution in [3.63, 3.8) is 0 Å². The third-order valence-corrected chi connectivity index (χ3v) is 3.62. The SMILES string of the molecule is CC(C)CN(Cc1cc(=O)c(O)cn1CCN(C)C)CC(C)C. The van der Waals surface area contributed by atoms with Crippen molar-refractivity contribution in [3.05, 3.63) is 28.2 Å². The van der Waals surface area contributed by atoms with Crippen molar-refractivity contribution in [1.29, 1.82) is 0 Å². The number of hydrogen-bond donors (Lipinski definition) is 1. The Labute approximate surface area is 140 Å². The zero-order valence-corrected chi connectivity index (χ0v) is 15.5. The fraction of sp³-hybridized carbons (Fsp3) is 0.722. The molecule has 0 amide bonds. The van der Waals surface area contributed by atoms with E-state index in [1.165, 1.54) is 0 Å². The first-order valence-corrected chi connectivity index (χ1v) is 8.48. The van der Waals surface area contributed by atoms with E-state index in [0.29, 0.717) is 11.8 Å². The summed E-state index contributed by atoms with van der Waals surface area (Å²) in [5.74, 6) is 0.979. The van der Waals surface area contributed by atoms with Crippen molar-refractivity contribution in [2.45, 2.75) is 40.8 Å². The molecule has 0 atom stereocenters. The van der Waals surface area contributed by atoms with Gasteiger partial charge >= 0.3 is 0 Å². The lowest BCUT2D eigenvalue weighted by atomic mass is 10.1. The first kappa shape index (κ1) is 19.7. The minimum atomic E-state index is -0.296. The van der Waals surface area contributed by atoms with Gasteiger partial charge in [-0.25, -0.2) is 0 Å². The molecule has 1 N–H and O–H groups in total. The van der Waals surface area contributed by atoms with Gasteiger partial charge < -0.3 is 14.6 Å². The van der Waals surface area contributed by atoms with Crippen LogP contribution in [0, 0.1) is 11.8 Å². The van der Waals surface area contributed by atoms with Gasteiger partial charge in [-0.15, -0.1) is 0 Å². The molecule has 0 radical (unpaired) electrons. The van der Waals surface area contributed by atoms with Crippen LogP contribution in [0.3, 0.4) is 0 Å². The molecule has 0 saturated carbocycles. The third kappa shape index (κ3) is 7.18. The van der Waals surface area contributed by atoms with Crippen LogP contribution in [-0.4, -0.2) is 53.2 Å². The number of aromatic hydroxyl groups is 1. The molecule has 1 aromatic heterocycles. The summed E-state index contributed by atoms with van der Waals surface area (Å²) in [5, 5.41) is 9.75. The molecule has 0 aliphatic rings. The molecular weight excluding hydrogens is 290 g/mol. The van der Waals surface area contributed by atoms with Gasteiger partial charge in [-0.3, -0.25) is 9.69 Å². The highest BCUT2D eigenvalue weighted by Crippen LogP contribution is 2.12. The molecule has 23 heavy (non-hydrogen) atoms. The molecule has 0 fully saturated rings. The van der Waals surface area contributed by atoms with E-state index in [1.54, 1.807) is 12.3 Å². The second-order valence-corrected chi connectivity index (χ2v) is 7.49. The van der Waals surface area contributed by atoms with Crippen LogP contribution < -0.4 is 5.43 Å². The van der Waals surface area contributed by atoms with Gasteiger partial charge in [0.15, 0.2) is 5.75 Å². The van der Waals surface area contributed by atoms with Crippen LogP contribution in [0.15, 0.2) is 17.1 Å². The van der Waals surface area contributed by atoms with E-state index in [-0.39, 0.29) is 11.2 Å². The van der Waals surface area contributed by atoms with Crippen LogP contribution in [-0.2, 0) is 13.1 Å². The lowest BCUT2D eigenvalue weighted by Gasteiger charge is -2.27. The number of pyridine rings is 1. The van der Waals surface area contributed by atoms with Gasteiger partial charge in [0.25, 0.3) is 0 Å². The monoisotopic (exact) mass is 323 g/mol. The van der Waals surface area contributed by atoms with E-state index >= 15 is 0 Å². The van der Waals surface area contributed by atoms with Gasteiger partial charge in [0.2, 0.25) is 5.43 Å². The van der Waals surface area contributed by atoms with Gasteiger partial charge in [-0.2, -0.15) is 0 Å². The molecule has 1 rings (SSSR count). The number of nitrogens with zero attached hydrogens (tertiary/aromatic N) is 3. The normalized spacial score (nSPS) is 12.1. The van der Waals surface area contributed by atoms with Crippen LogP contribution in [0.1, 0.15) is 33.4 Å². The predicted octanol–water partition coefficient (Wildman–Crippen LogP) is 2.23.